The Morgan fingerprint density at radius 1 is 1.05 bits per heavy atom. The van der Waals surface area contributed by atoms with Crippen LogP contribution in [0, 0.1) is 5.82 Å². The molecule has 0 atom stereocenters. The molecule has 2 heterocycles. The molecule has 1 aromatic carbocycles. The minimum atomic E-state index is -0.273. The van der Waals surface area contributed by atoms with Crippen LogP contribution < -0.4 is 0 Å². The fourth-order valence-electron chi connectivity index (χ4n) is 1.57. The van der Waals surface area contributed by atoms with E-state index in [2.05, 4.69) is 15.3 Å². The van der Waals surface area contributed by atoms with Crippen LogP contribution >= 0.6 is 0 Å². The lowest BCUT2D eigenvalue weighted by molar-refractivity contribution is 0.573. The lowest BCUT2D eigenvalue weighted by atomic mass is 10.2. The number of furan rings is 1. The Kier molecular flexibility index (Phi) is 2.89. The Bertz CT molecular complexity index is 686. The Hall–Kier alpha value is -2.76. The Morgan fingerprint density at radius 3 is 2.53 bits per heavy atom. The van der Waals surface area contributed by atoms with E-state index in [1.54, 1.807) is 30.5 Å². The predicted octanol–water partition coefficient (Wildman–Crippen LogP) is 2.56. The van der Waals surface area contributed by atoms with Crippen molar-refractivity contribution in [2.24, 2.45) is 5.10 Å². The van der Waals surface area contributed by atoms with Gasteiger partial charge in [0.05, 0.1) is 6.21 Å². The number of hydrogen-bond acceptors (Lipinski definition) is 4. The summed E-state index contributed by atoms with van der Waals surface area (Å²) in [5.41, 5.74) is 0.811. The molecule has 5 nitrogen and oxygen atoms in total. The third-order valence-corrected chi connectivity index (χ3v) is 2.48. The van der Waals surface area contributed by atoms with Crippen LogP contribution in [0.15, 0.2) is 58.6 Å². The van der Waals surface area contributed by atoms with E-state index in [1.807, 2.05) is 0 Å². The van der Waals surface area contributed by atoms with Crippen molar-refractivity contribution in [2.45, 2.75) is 0 Å². The molecule has 19 heavy (non-hydrogen) atoms. The van der Waals surface area contributed by atoms with Gasteiger partial charge >= 0.3 is 0 Å². The zero-order valence-electron chi connectivity index (χ0n) is 9.77. The molecule has 94 valence electrons. The molecule has 0 aliphatic heterocycles. The molecule has 0 bridgehead atoms. The summed E-state index contributed by atoms with van der Waals surface area (Å²) in [6.45, 7) is 0. The number of rotatable bonds is 3. The number of aromatic nitrogens is 3. The van der Waals surface area contributed by atoms with Crippen molar-refractivity contribution in [1.29, 1.82) is 0 Å². The molecular formula is C13H9FN4O. The van der Waals surface area contributed by atoms with Gasteiger partial charge in [0.25, 0.3) is 0 Å². The maximum Gasteiger partial charge on any atom is 0.147 e. The molecular weight excluding hydrogens is 247 g/mol. The van der Waals surface area contributed by atoms with E-state index < -0.39 is 0 Å². The molecule has 3 rings (SSSR count). The van der Waals surface area contributed by atoms with E-state index in [-0.39, 0.29) is 5.82 Å². The maximum atomic E-state index is 12.8. The lowest BCUT2D eigenvalue weighted by Crippen LogP contribution is -1.84. The quantitative estimate of drug-likeness (QED) is 0.677. The Morgan fingerprint density at radius 2 is 1.79 bits per heavy atom. The minimum absolute atomic E-state index is 0.273. The van der Waals surface area contributed by atoms with Crippen LogP contribution in [-0.4, -0.2) is 21.1 Å². The van der Waals surface area contributed by atoms with Crippen molar-refractivity contribution in [3.05, 3.63) is 60.6 Å². The van der Waals surface area contributed by atoms with E-state index in [0.717, 1.165) is 5.56 Å². The molecule has 0 N–H and O–H groups in total. The molecule has 0 aliphatic rings. The van der Waals surface area contributed by atoms with Gasteiger partial charge in [-0.3, -0.25) is 0 Å². The normalized spacial score (nSPS) is 11.2. The summed E-state index contributed by atoms with van der Waals surface area (Å²) in [4.78, 5) is 0. The van der Waals surface area contributed by atoms with E-state index in [0.29, 0.717) is 11.5 Å². The van der Waals surface area contributed by atoms with Gasteiger partial charge in [0.2, 0.25) is 0 Å². The summed E-state index contributed by atoms with van der Waals surface area (Å²) in [5.74, 6) is 0.975. The van der Waals surface area contributed by atoms with Gasteiger partial charge in [-0.1, -0.05) is 0 Å². The molecule has 0 unspecified atom stereocenters. The van der Waals surface area contributed by atoms with Crippen LogP contribution in [-0.2, 0) is 0 Å². The first kappa shape index (κ1) is 11.3. The number of nitrogens with zero attached hydrogens (tertiary/aromatic N) is 4. The highest BCUT2D eigenvalue weighted by Gasteiger charge is 2.03. The summed E-state index contributed by atoms with van der Waals surface area (Å²) in [7, 11) is 0. The van der Waals surface area contributed by atoms with Gasteiger partial charge in [0.15, 0.2) is 0 Å². The van der Waals surface area contributed by atoms with Crippen molar-refractivity contribution in [3.8, 4) is 11.3 Å². The molecule has 0 aliphatic carbocycles. The zero-order valence-corrected chi connectivity index (χ0v) is 9.77. The van der Waals surface area contributed by atoms with Crippen LogP contribution in [0.25, 0.3) is 11.3 Å². The van der Waals surface area contributed by atoms with E-state index in [1.165, 1.54) is 29.5 Å². The van der Waals surface area contributed by atoms with Crippen molar-refractivity contribution < 1.29 is 8.81 Å². The van der Waals surface area contributed by atoms with Gasteiger partial charge in [-0.15, -0.1) is 10.2 Å². The smallest absolute Gasteiger partial charge is 0.147 e. The molecule has 3 aromatic rings. The second kappa shape index (κ2) is 4.85. The average molecular weight is 256 g/mol. The maximum absolute atomic E-state index is 12.8. The van der Waals surface area contributed by atoms with Crippen molar-refractivity contribution in [2.75, 3.05) is 0 Å². The van der Waals surface area contributed by atoms with Gasteiger partial charge in [-0.25, -0.2) is 9.07 Å². The molecule has 0 saturated heterocycles. The van der Waals surface area contributed by atoms with Crippen LogP contribution in [0.2, 0.25) is 0 Å². The summed E-state index contributed by atoms with van der Waals surface area (Å²) in [6.07, 6.45) is 4.50. The van der Waals surface area contributed by atoms with Crippen LogP contribution in [0.1, 0.15) is 5.76 Å². The highest BCUT2D eigenvalue weighted by Crippen LogP contribution is 2.21. The second-order valence-electron chi connectivity index (χ2n) is 3.80. The third-order valence-electron chi connectivity index (χ3n) is 2.48. The summed E-state index contributed by atoms with van der Waals surface area (Å²) in [6, 6.07) is 9.70. The standard InChI is InChI=1S/C13H9FN4O/c14-11-3-1-10(2-4-11)13-6-5-12(19-13)7-17-18-8-15-16-9-18/h1-9H/b17-7+. The second-order valence-corrected chi connectivity index (χ2v) is 3.80. The van der Waals surface area contributed by atoms with Gasteiger partial charge in [0.1, 0.15) is 30.0 Å². The third kappa shape index (κ3) is 2.57. The monoisotopic (exact) mass is 256 g/mol. The van der Waals surface area contributed by atoms with Crippen molar-refractivity contribution in [1.82, 2.24) is 14.9 Å². The molecule has 0 saturated carbocycles. The van der Waals surface area contributed by atoms with Crippen molar-refractivity contribution >= 4 is 6.21 Å². The lowest BCUT2D eigenvalue weighted by Gasteiger charge is -1.95. The van der Waals surface area contributed by atoms with Gasteiger partial charge in [-0.2, -0.15) is 5.10 Å². The molecule has 2 aromatic heterocycles. The molecule has 6 heteroatoms. The van der Waals surface area contributed by atoms with Crippen LogP contribution in [0.3, 0.4) is 0 Å². The van der Waals surface area contributed by atoms with Crippen LogP contribution in [0.5, 0.6) is 0 Å². The fraction of sp³-hybridized carbons (Fsp3) is 0. The van der Waals surface area contributed by atoms with E-state index in [9.17, 15) is 4.39 Å². The SMILES string of the molecule is Fc1ccc(-c2ccc(/C=N/n3cnnc3)o2)cc1. The van der Waals surface area contributed by atoms with E-state index >= 15 is 0 Å². The molecule has 0 spiro atoms. The first-order valence-electron chi connectivity index (χ1n) is 5.56. The van der Waals surface area contributed by atoms with Crippen molar-refractivity contribution in [3.63, 3.8) is 0 Å². The highest BCUT2D eigenvalue weighted by molar-refractivity contribution is 5.77. The topological polar surface area (TPSA) is 56.2 Å². The van der Waals surface area contributed by atoms with Crippen LogP contribution in [0.4, 0.5) is 4.39 Å². The summed E-state index contributed by atoms with van der Waals surface area (Å²) < 4.78 is 19.9. The first-order chi connectivity index (χ1) is 9.31. The Balaban J connectivity index is 1.81. The molecule has 0 radical (unpaired) electrons. The predicted molar refractivity (Wildman–Crippen MR) is 67.1 cm³/mol. The largest absolute Gasteiger partial charge is 0.455 e. The number of benzene rings is 1. The summed E-state index contributed by atoms with van der Waals surface area (Å²) >= 11 is 0. The van der Waals surface area contributed by atoms with E-state index in [4.69, 9.17) is 4.42 Å². The number of halogens is 1. The first-order valence-corrected chi connectivity index (χ1v) is 5.56. The summed E-state index contributed by atoms with van der Waals surface area (Å²) in [5, 5.41) is 11.3. The zero-order chi connectivity index (χ0) is 13.1. The molecule has 0 fully saturated rings. The van der Waals surface area contributed by atoms with Gasteiger partial charge in [0, 0.05) is 5.56 Å². The average Bonchev–Trinajstić information content (AvgIpc) is 3.09. The van der Waals surface area contributed by atoms with Gasteiger partial charge < -0.3 is 4.42 Å². The number of hydrogen-bond donors (Lipinski definition) is 0. The van der Waals surface area contributed by atoms with Gasteiger partial charge in [-0.05, 0) is 36.4 Å². The Labute approximate surface area is 108 Å². The minimum Gasteiger partial charge on any atom is -0.455 e. The molecule has 0 amide bonds. The highest BCUT2D eigenvalue weighted by atomic mass is 19.1. The fourth-order valence-corrected chi connectivity index (χ4v) is 1.57.